The van der Waals surface area contributed by atoms with E-state index in [-0.39, 0.29) is 5.91 Å². The maximum atomic E-state index is 12.2. The number of benzene rings is 1. The van der Waals surface area contributed by atoms with E-state index >= 15 is 0 Å². The second-order valence-electron chi connectivity index (χ2n) is 6.52. The fraction of sp³-hybridized carbons (Fsp3) is 0.429. The first kappa shape index (κ1) is 18.4. The van der Waals surface area contributed by atoms with Gasteiger partial charge in [-0.15, -0.1) is 0 Å². The molecule has 1 aliphatic rings. The number of carbonyl (C=O) groups is 1. The third kappa shape index (κ3) is 4.82. The van der Waals surface area contributed by atoms with E-state index in [2.05, 4.69) is 10.3 Å². The molecule has 26 heavy (non-hydrogen) atoms. The fourth-order valence-electron chi connectivity index (χ4n) is 3.23. The number of nitrogens with zero attached hydrogens (tertiary/aromatic N) is 1. The third-order valence-electron chi connectivity index (χ3n) is 4.67. The van der Waals surface area contributed by atoms with Gasteiger partial charge in [0.15, 0.2) is 0 Å². The van der Waals surface area contributed by atoms with Crippen LogP contribution in [0.4, 0.5) is 0 Å². The van der Waals surface area contributed by atoms with Gasteiger partial charge in [0.05, 0.1) is 13.2 Å². The van der Waals surface area contributed by atoms with E-state index < -0.39 is 0 Å². The lowest BCUT2D eigenvalue weighted by Gasteiger charge is -2.11. The van der Waals surface area contributed by atoms with E-state index in [9.17, 15) is 4.79 Å². The molecule has 0 aliphatic heterocycles. The molecule has 1 fully saturated rings. The van der Waals surface area contributed by atoms with Gasteiger partial charge in [-0.05, 0) is 43.5 Å². The molecule has 1 amide bonds. The molecule has 1 aromatic heterocycles. The summed E-state index contributed by atoms with van der Waals surface area (Å²) in [4.78, 5) is 16.6. The number of methoxy groups -OCH3 is 1. The van der Waals surface area contributed by atoms with Crippen LogP contribution in [-0.4, -0.2) is 37.3 Å². The average molecular weight is 354 g/mol. The quantitative estimate of drug-likeness (QED) is 0.732. The van der Waals surface area contributed by atoms with Crippen LogP contribution < -0.4 is 10.1 Å². The number of rotatable bonds is 8. The molecule has 0 bridgehead atoms. The van der Waals surface area contributed by atoms with Gasteiger partial charge >= 0.3 is 0 Å². The molecule has 0 unspecified atom stereocenters. The Balaban J connectivity index is 1.47. The van der Waals surface area contributed by atoms with E-state index in [1.807, 2.05) is 36.4 Å². The van der Waals surface area contributed by atoms with Crippen molar-refractivity contribution in [3.05, 3.63) is 48.2 Å². The van der Waals surface area contributed by atoms with Crippen molar-refractivity contribution in [3.63, 3.8) is 0 Å². The Hall–Kier alpha value is -2.40. The number of pyridine rings is 1. The van der Waals surface area contributed by atoms with Gasteiger partial charge in [-0.3, -0.25) is 9.78 Å². The molecule has 1 aliphatic carbocycles. The van der Waals surface area contributed by atoms with Crippen LogP contribution in [0.3, 0.4) is 0 Å². The number of hydrogen-bond donors (Lipinski definition) is 1. The van der Waals surface area contributed by atoms with Gasteiger partial charge in [0.25, 0.3) is 5.91 Å². The molecule has 5 nitrogen and oxygen atoms in total. The molecule has 2 aromatic rings. The van der Waals surface area contributed by atoms with Crippen LogP contribution in [0.2, 0.25) is 0 Å². The van der Waals surface area contributed by atoms with Crippen LogP contribution in [0.25, 0.3) is 11.3 Å². The summed E-state index contributed by atoms with van der Waals surface area (Å²) < 4.78 is 11.1. The number of nitrogens with one attached hydrogen (secondary N) is 1. The number of ether oxygens (including phenoxy) is 2. The van der Waals surface area contributed by atoms with Gasteiger partial charge in [0.1, 0.15) is 11.4 Å². The summed E-state index contributed by atoms with van der Waals surface area (Å²) in [6.45, 7) is 1.34. The Morgan fingerprint density at radius 3 is 2.69 bits per heavy atom. The highest BCUT2D eigenvalue weighted by Gasteiger charge is 2.14. The smallest absolute Gasteiger partial charge is 0.251 e. The van der Waals surface area contributed by atoms with Gasteiger partial charge in [-0.1, -0.05) is 25.0 Å². The standard InChI is InChI=1S/C21H26N2O3/c1-25-19-8-4-13-22-20(19)16-9-11-17(12-10-16)21(24)23-14-5-15-26-18-6-2-3-7-18/h4,8-13,18H,2-3,5-7,14-15H2,1H3,(H,23,24). The second kappa shape index (κ2) is 9.34. The van der Waals surface area contributed by atoms with Gasteiger partial charge < -0.3 is 14.8 Å². The lowest BCUT2D eigenvalue weighted by atomic mass is 10.1. The van der Waals surface area contributed by atoms with Crippen LogP contribution >= 0.6 is 0 Å². The normalized spacial score (nSPS) is 14.3. The highest BCUT2D eigenvalue weighted by molar-refractivity contribution is 5.94. The zero-order valence-corrected chi connectivity index (χ0v) is 15.2. The highest BCUT2D eigenvalue weighted by Crippen LogP contribution is 2.27. The minimum Gasteiger partial charge on any atom is -0.494 e. The molecule has 0 atom stereocenters. The molecule has 0 radical (unpaired) electrons. The maximum absolute atomic E-state index is 12.2. The van der Waals surface area contributed by atoms with Crippen molar-refractivity contribution in [2.45, 2.75) is 38.2 Å². The summed E-state index contributed by atoms with van der Waals surface area (Å²) in [5.74, 6) is 0.650. The second-order valence-corrected chi connectivity index (χ2v) is 6.52. The Morgan fingerprint density at radius 2 is 1.96 bits per heavy atom. The van der Waals surface area contributed by atoms with Crippen molar-refractivity contribution < 1.29 is 14.3 Å². The zero-order valence-electron chi connectivity index (χ0n) is 15.2. The molecule has 0 saturated heterocycles. The van der Waals surface area contributed by atoms with Crippen LogP contribution in [0.15, 0.2) is 42.6 Å². The summed E-state index contributed by atoms with van der Waals surface area (Å²) in [5, 5.41) is 2.95. The number of hydrogen-bond acceptors (Lipinski definition) is 4. The van der Waals surface area contributed by atoms with Crippen molar-refractivity contribution in [1.29, 1.82) is 0 Å². The summed E-state index contributed by atoms with van der Waals surface area (Å²) in [7, 11) is 1.62. The molecule has 1 heterocycles. The molecule has 1 saturated carbocycles. The lowest BCUT2D eigenvalue weighted by Crippen LogP contribution is -2.25. The molecule has 0 spiro atoms. The maximum Gasteiger partial charge on any atom is 0.251 e. The van der Waals surface area contributed by atoms with Crippen molar-refractivity contribution in [2.24, 2.45) is 0 Å². The van der Waals surface area contributed by atoms with Crippen LogP contribution in [0.5, 0.6) is 5.75 Å². The fourth-order valence-corrected chi connectivity index (χ4v) is 3.23. The molecular weight excluding hydrogens is 328 g/mol. The zero-order chi connectivity index (χ0) is 18.2. The van der Waals surface area contributed by atoms with Crippen molar-refractivity contribution >= 4 is 5.91 Å². The summed E-state index contributed by atoms with van der Waals surface area (Å²) in [5.41, 5.74) is 2.33. The predicted molar refractivity (Wildman–Crippen MR) is 101 cm³/mol. The Kier molecular flexibility index (Phi) is 6.61. The summed E-state index contributed by atoms with van der Waals surface area (Å²) >= 11 is 0. The Morgan fingerprint density at radius 1 is 1.19 bits per heavy atom. The SMILES string of the molecule is COc1cccnc1-c1ccc(C(=O)NCCCOC2CCCC2)cc1. The first-order chi connectivity index (χ1) is 12.8. The minimum atomic E-state index is -0.0644. The molecular formula is C21H26N2O3. The van der Waals surface area contributed by atoms with Crippen LogP contribution in [-0.2, 0) is 4.74 Å². The lowest BCUT2D eigenvalue weighted by molar-refractivity contribution is 0.0565. The molecule has 138 valence electrons. The van der Waals surface area contributed by atoms with Crippen LogP contribution in [0, 0.1) is 0 Å². The Bertz CT molecular complexity index is 709. The molecule has 5 heteroatoms. The van der Waals surface area contributed by atoms with Crippen LogP contribution in [0.1, 0.15) is 42.5 Å². The van der Waals surface area contributed by atoms with E-state index in [1.54, 1.807) is 13.3 Å². The van der Waals surface area contributed by atoms with Gasteiger partial charge in [-0.25, -0.2) is 0 Å². The Labute approximate surface area is 154 Å². The van der Waals surface area contributed by atoms with Crippen molar-refractivity contribution in [1.82, 2.24) is 10.3 Å². The van der Waals surface area contributed by atoms with Crippen molar-refractivity contribution in [3.8, 4) is 17.0 Å². The number of carbonyl (C=O) groups excluding carboxylic acids is 1. The molecule has 3 rings (SSSR count). The van der Waals surface area contributed by atoms with Gasteiger partial charge in [0.2, 0.25) is 0 Å². The topological polar surface area (TPSA) is 60.5 Å². The largest absolute Gasteiger partial charge is 0.494 e. The summed E-state index contributed by atoms with van der Waals surface area (Å²) in [6, 6.07) is 11.1. The van der Waals surface area contributed by atoms with E-state index in [0.717, 1.165) is 17.7 Å². The minimum absolute atomic E-state index is 0.0644. The van der Waals surface area contributed by atoms with Crippen molar-refractivity contribution in [2.75, 3.05) is 20.3 Å². The summed E-state index contributed by atoms with van der Waals surface area (Å²) in [6.07, 6.45) is 7.92. The predicted octanol–water partition coefficient (Wildman–Crippen LogP) is 3.84. The number of aromatic nitrogens is 1. The average Bonchev–Trinajstić information content (AvgIpc) is 3.21. The first-order valence-corrected chi connectivity index (χ1v) is 9.27. The highest BCUT2D eigenvalue weighted by atomic mass is 16.5. The molecule has 1 N–H and O–H groups in total. The molecule has 1 aromatic carbocycles. The third-order valence-corrected chi connectivity index (χ3v) is 4.67. The van der Waals surface area contributed by atoms with E-state index in [4.69, 9.17) is 9.47 Å². The number of amides is 1. The van der Waals surface area contributed by atoms with Gasteiger partial charge in [0, 0.05) is 30.5 Å². The van der Waals surface area contributed by atoms with E-state index in [1.165, 1.54) is 25.7 Å². The van der Waals surface area contributed by atoms with Gasteiger partial charge in [-0.2, -0.15) is 0 Å². The monoisotopic (exact) mass is 354 g/mol. The van der Waals surface area contributed by atoms with E-state index in [0.29, 0.717) is 30.6 Å². The first-order valence-electron chi connectivity index (χ1n) is 9.27.